The van der Waals surface area contributed by atoms with Crippen LogP contribution in [0.4, 0.5) is 0 Å². The van der Waals surface area contributed by atoms with Gasteiger partial charge < -0.3 is 0 Å². The van der Waals surface area contributed by atoms with E-state index in [2.05, 4.69) is 5.63 Å². The van der Waals surface area contributed by atoms with E-state index >= 15 is 0 Å². The first-order chi connectivity index (χ1) is 5.13. The van der Waals surface area contributed by atoms with E-state index in [1.54, 1.807) is 0 Å². The predicted molar refractivity (Wildman–Crippen MR) is 30.0 cm³/mol. The number of hydrogen-bond acceptors (Lipinski definition) is 6. The third-order valence-electron chi connectivity index (χ3n) is 1.04. The first-order valence-corrected chi connectivity index (χ1v) is 5.45. The Balaban J connectivity index is 2.73. The van der Waals surface area contributed by atoms with E-state index in [4.69, 9.17) is 10.2 Å². The Morgan fingerprint density at radius 3 is 1.82 bits per heavy atom. The van der Waals surface area contributed by atoms with Gasteiger partial charge in [-0.25, -0.2) is 0 Å². The standard InChI is InChI=1S/C4H6O6.Bi/c5-1(3(7)8)2(6)4(9)10;/h1-2,5-6H,(H,7,8)(H,9,10);/q;+3/p-2. The Labute approximate surface area is 73.9 Å². The zero-order valence-electron chi connectivity index (χ0n) is 5.13. The van der Waals surface area contributed by atoms with Crippen LogP contribution in [-0.4, -0.2) is 58.5 Å². The van der Waals surface area contributed by atoms with Gasteiger partial charge >= 0.3 is 73.7 Å². The Bertz CT molecular complexity index is 171. The summed E-state index contributed by atoms with van der Waals surface area (Å²) in [7, 11) is 0. The summed E-state index contributed by atoms with van der Waals surface area (Å²) in [6, 6.07) is 0. The van der Waals surface area contributed by atoms with Crippen LogP contribution in [0.2, 0.25) is 0 Å². The fourth-order valence-corrected chi connectivity index (χ4v) is 2.01. The average Bonchev–Trinajstić information content (AvgIpc) is 2.07. The van der Waals surface area contributed by atoms with Crippen molar-refractivity contribution in [3.63, 3.8) is 0 Å². The van der Waals surface area contributed by atoms with E-state index < -0.39 is 48.3 Å². The minimum atomic E-state index is -2.05. The third-order valence-corrected chi connectivity index (χ3v) is 3.02. The van der Waals surface area contributed by atoms with E-state index in [-0.39, 0.29) is 0 Å². The summed E-state index contributed by atoms with van der Waals surface area (Å²) in [5.41, 5.74) is 0. The van der Waals surface area contributed by atoms with Crippen LogP contribution in [-0.2, 0) is 15.2 Å². The van der Waals surface area contributed by atoms with Crippen molar-refractivity contribution in [1.29, 1.82) is 0 Å². The fourth-order valence-electron chi connectivity index (χ4n) is 0.458. The molecule has 0 bridgehead atoms. The second-order valence-corrected chi connectivity index (χ2v) is 3.78. The van der Waals surface area contributed by atoms with Crippen LogP contribution in [0.1, 0.15) is 0 Å². The monoisotopic (exact) mass is 357 g/mol. The van der Waals surface area contributed by atoms with E-state index in [1.807, 2.05) is 0 Å². The third kappa shape index (κ3) is 1.86. The van der Waals surface area contributed by atoms with Crippen molar-refractivity contribution in [2.45, 2.75) is 12.2 Å². The maximum absolute atomic E-state index is 10.6. The molecule has 0 saturated carbocycles. The summed E-state index contributed by atoms with van der Waals surface area (Å²) < 4.78 is 8.69. The van der Waals surface area contributed by atoms with E-state index in [1.165, 1.54) is 0 Å². The Kier molecular flexibility index (Phi) is 2.75. The topological polar surface area (TPSA) is 93.1 Å². The number of carbonyl (C=O) groups is 2. The zero-order valence-corrected chi connectivity index (χ0v) is 8.61. The van der Waals surface area contributed by atoms with Crippen molar-refractivity contribution in [2.24, 2.45) is 0 Å². The van der Waals surface area contributed by atoms with Crippen LogP contribution in [0.5, 0.6) is 0 Å². The van der Waals surface area contributed by atoms with Crippen molar-refractivity contribution in [1.82, 2.24) is 0 Å². The fraction of sp³-hybridized carbons (Fsp3) is 0.500. The van der Waals surface area contributed by atoms with Crippen molar-refractivity contribution >= 4 is 36.1 Å². The Morgan fingerprint density at radius 2 is 1.45 bits per heavy atom. The molecule has 2 radical (unpaired) electrons. The van der Waals surface area contributed by atoms with Crippen molar-refractivity contribution in [3.8, 4) is 0 Å². The number of aliphatic hydroxyl groups is 2. The summed E-state index contributed by atoms with van der Waals surface area (Å²) >= 11 is -2.05. The molecule has 0 spiro atoms. The molecule has 0 aromatic carbocycles. The molecule has 2 atom stereocenters. The van der Waals surface area contributed by atoms with Gasteiger partial charge in [0.05, 0.1) is 0 Å². The molecule has 2 N–H and O–H groups in total. The van der Waals surface area contributed by atoms with Gasteiger partial charge in [0.1, 0.15) is 0 Å². The molecule has 1 saturated heterocycles. The second-order valence-electron chi connectivity index (χ2n) is 1.78. The maximum atomic E-state index is 10.6. The number of aliphatic hydroxyl groups excluding tert-OH is 2. The predicted octanol–water partition coefficient (Wildman–Crippen LogP) is -2.66. The summed E-state index contributed by atoms with van der Waals surface area (Å²) in [5, 5.41) is 17.6. The minimum absolute atomic E-state index is 0.986. The summed E-state index contributed by atoms with van der Waals surface area (Å²) in [4.78, 5) is 21.1. The molecule has 1 rings (SSSR count). The molecule has 2 unspecified atom stereocenters. The first kappa shape index (κ1) is 8.84. The second kappa shape index (κ2) is 3.43. The van der Waals surface area contributed by atoms with Gasteiger partial charge in [0.15, 0.2) is 0 Å². The number of carbonyl (C=O) groups excluding carboxylic acids is 2. The molecular formula is C4H4BiO6+. The van der Waals surface area contributed by atoms with Gasteiger partial charge in [-0.3, -0.25) is 0 Å². The Hall–Kier alpha value is -0.257. The SMILES string of the molecule is O=C1[O][Bi+][O]C(=O)C(O)C1O. The summed E-state index contributed by atoms with van der Waals surface area (Å²) in [6.07, 6.45) is -3.59. The van der Waals surface area contributed by atoms with Crippen molar-refractivity contribution in [2.75, 3.05) is 0 Å². The Morgan fingerprint density at radius 1 is 1.09 bits per heavy atom. The quantitative estimate of drug-likeness (QED) is 0.460. The van der Waals surface area contributed by atoms with Crippen LogP contribution < -0.4 is 0 Å². The van der Waals surface area contributed by atoms with Crippen LogP contribution in [0, 0.1) is 0 Å². The normalized spacial score (nSPS) is 32.2. The van der Waals surface area contributed by atoms with Gasteiger partial charge in [0, 0.05) is 0 Å². The van der Waals surface area contributed by atoms with Gasteiger partial charge in [-0.2, -0.15) is 0 Å². The van der Waals surface area contributed by atoms with Gasteiger partial charge in [-0.1, -0.05) is 0 Å². The molecular weight excluding hydrogens is 353 g/mol. The molecule has 0 aromatic rings. The molecule has 7 heteroatoms. The molecule has 0 aliphatic carbocycles. The van der Waals surface area contributed by atoms with Crippen LogP contribution >= 0.6 is 0 Å². The molecule has 0 aromatic heterocycles. The molecule has 1 aliphatic rings. The first-order valence-electron chi connectivity index (χ1n) is 2.61. The van der Waals surface area contributed by atoms with E-state index in [9.17, 15) is 9.59 Å². The van der Waals surface area contributed by atoms with Gasteiger partial charge in [0.25, 0.3) is 0 Å². The van der Waals surface area contributed by atoms with Crippen molar-refractivity contribution < 1.29 is 25.4 Å². The van der Waals surface area contributed by atoms with Crippen LogP contribution in [0.25, 0.3) is 0 Å². The van der Waals surface area contributed by atoms with E-state index in [0.29, 0.717) is 0 Å². The summed E-state index contributed by atoms with van der Waals surface area (Å²) in [6.45, 7) is 0. The average molecular weight is 357 g/mol. The van der Waals surface area contributed by atoms with E-state index in [0.717, 1.165) is 0 Å². The van der Waals surface area contributed by atoms with Gasteiger partial charge in [-0.15, -0.1) is 0 Å². The summed E-state index contributed by atoms with van der Waals surface area (Å²) in [5.74, 6) is -1.97. The number of hydrogen-bond donors (Lipinski definition) is 2. The molecule has 1 heterocycles. The molecule has 0 amide bonds. The molecule has 60 valence electrons. The van der Waals surface area contributed by atoms with Gasteiger partial charge in [-0.05, 0) is 0 Å². The molecule has 1 aliphatic heterocycles. The molecule has 6 nitrogen and oxygen atoms in total. The van der Waals surface area contributed by atoms with Crippen LogP contribution in [0.3, 0.4) is 0 Å². The molecule has 11 heavy (non-hydrogen) atoms. The van der Waals surface area contributed by atoms with Crippen molar-refractivity contribution in [3.05, 3.63) is 0 Å². The zero-order chi connectivity index (χ0) is 8.43. The number of rotatable bonds is 0. The molecule has 1 fully saturated rings. The van der Waals surface area contributed by atoms with Crippen LogP contribution in [0.15, 0.2) is 0 Å². The van der Waals surface area contributed by atoms with Gasteiger partial charge in [0.2, 0.25) is 0 Å².